The zero-order valence-corrected chi connectivity index (χ0v) is 7.02. The Morgan fingerprint density at radius 3 is 1.33 bits per heavy atom. The van der Waals surface area contributed by atoms with Crippen LogP contribution in [0.1, 0.15) is 0 Å². The van der Waals surface area contributed by atoms with E-state index in [2.05, 4.69) is 0 Å². The molecule has 0 aliphatic carbocycles. The van der Waals surface area contributed by atoms with Crippen molar-refractivity contribution in [3.63, 3.8) is 0 Å². The summed E-state index contributed by atoms with van der Waals surface area (Å²) in [7, 11) is -5.84. The van der Waals surface area contributed by atoms with E-state index in [9.17, 15) is 13.2 Å². The smallest absolute Gasteiger partial charge is 0.279 e. The van der Waals surface area contributed by atoms with E-state index in [-0.39, 0.29) is 19.8 Å². The first-order chi connectivity index (χ1) is 3.25. The standard InChI is InChI=1S/CHF3O3S.Os/c2-1(3,4)8(5,6)7;/h(H,5,6,7);. The summed E-state index contributed by atoms with van der Waals surface area (Å²) in [5.74, 6) is 0. The molecule has 0 saturated carbocycles. The molecule has 1 N–H and O–H groups in total. The van der Waals surface area contributed by atoms with Crippen LogP contribution in [0.3, 0.4) is 0 Å². The third-order valence-electron chi connectivity index (χ3n) is 0.292. The molecule has 0 amide bonds. The Kier molecular flexibility index (Phi) is 3.95. The van der Waals surface area contributed by atoms with Crippen LogP contribution in [0.5, 0.6) is 0 Å². The molecule has 0 aliphatic heterocycles. The molecule has 0 spiro atoms. The fourth-order valence-corrected chi connectivity index (χ4v) is 0. The van der Waals surface area contributed by atoms with Gasteiger partial charge in [0.1, 0.15) is 0 Å². The van der Waals surface area contributed by atoms with Gasteiger partial charge < -0.3 is 0 Å². The van der Waals surface area contributed by atoms with Crippen molar-refractivity contribution in [3.8, 4) is 0 Å². The van der Waals surface area contributed by atoms with Crippen LogP contribution >= 0.6 is 0 Å². The van der Waals surface area contributed by atoms with E-state index >= 15 is 0 Å². The first-order valence-electron chi connectivity index (χ1n) is 1.29. The molecule has 0 aromatic rings. The van der Waals surface area contributed by atoms with Gasteiger partial charge in [-0.1, -0.05) is 0 Å². The molecule has 0 saturated heterocycles. The van der Waals surface area contributed by atoms with Gasteiger partial charge >= 0.3 is 15.6 Å². The van der Waals surface area contributed by atoms with Crippen molar-refractivity contribution < 1.29 is 45.9 Å². The van der Waals surface area contributed by atoms with Crippen LogP contribution in [-0.2, 0) is 29.9 Å². The van der Waals surface area contributed by atoms with Gasteiger partial charge in [-0.2, -0.15) is 21.6 Å². The van der Waals surface area contributed by atoms with Gasteiger partial charge in [0.05, 0.1) is 0 Å². The van der Waals surface area contributed by atoms with Crippen molar-refractivity contribution >= 4 is 10.1 Å². The molecule has 0 atom stereocenters. The molecule has 0 fully saturated rings. The third-order valence-corrected chi connectivity index (χ3v) is 0.877. The Labute approximate surface area is 62.0 Å². The largest absolute Gasteiger partial charge is 0.522 e. The average molecular weight is 340 g/mol. The Bertz CT molecular complexity index is 168. The normalized spacial score (nSPS) is 12.4. The molecule has 3 nitrogen and oxygen atoms in total. The first-order valence-corrected chi connectivity index (χ1v) is 2.73. The molecule has 58 valence electrons. The fourth-order valence-electron chi connectivity index (χ4n) is 0. The summed E-state index contributed by atoms with van der Waals surface area (Å²) in [5.41, 5.74) is -5.53. The number of halogens is 3. The van der Waals surface area contributed by atoms with Crippen molar-refractivity contribution in [3.05, 3.63) is 0 Å². The van der Waals surface area contributed by atoms with Crippen LogP contribution in [0.25, 0.3) is 0 Å². The number of hydrogen-bond acceptors (Lipinski definition) is 2. The van der Waals surface area contributed by atoms with Crippen molar-refractivity contribution in [1.29, 1.82) is 0 Å². The second-order valence-electron chi connectivity index (χ2n) is 0.921. The minimum atomic E-state index is -5.84. The summed E-state index contributed by atoms with van der Waals surface area (Å²) in [4.78, 5) is 0. The Morgan fingerprint density at radius 1 is 1.22 bits per heavy atom. The van der Waals surface area contributed by atoms with Crippen LogP contribution in [0, 0.1) is 0 Å². The maximum absolute atomic E-state index is 10.7. The van der Waals surface area contributed by atoms with Gasteiger partial charge in [-0.3, -0.25) is 4.55 Å². The molecule has 0 rings (SSSR count). The molecular formula is CHF3O3OsS. The predicted molar refractivity (Wildman–Crippen MR) is 17.6 cm³/mol. The summed E-state index contributed by atoms with van der Waals surface area (Å²) in [5, 5.41) is 0. The van der Waals surface area contributed by atoms with Gasteiger partial charge in [0, 0.05) is 19.8 Å². The molecule has 9 heavy (non-hydrogen) atoms. The fraction of sp³-hybridized carbons (Fsp3) is 1.00. The Morgan fingerprint density at radius 2 is 1.33 bits per heavy atom. The Hall–Kier alpha value is 0.336. The zero-order chi connectivity index (χ0) is 7.00. The molecule has 0 aromatic heterocycles. The van der Waals surface area contributed by atoms with Gasteiger partial charge in [0.15, 0.2) is 0 Å². The van der Waals surface area contributed by atoms with Crippen molar-refractivity contribution in [2.45, 2.75) is 5.51 Å². The summed E-state index contributed by atoms with van der Waals surface area (Å²) in [6, 6.07) is 0. The van der Waals surface area contributed by atoms with Crippen LogP contribution in [0.4, 0.5) is 13.2 Å². The Balaban J connectivity index is 0. The van der Waals surface area contributed by atoms with E-state index in [1.54, 1.807) is 0 Å². The summed E-state index contributed by atoms with van der Waals surface area (Å²) in [6.07, 6.45) is 0. The molecular weight excluding hydrogens is 339 g/mol. The number of hydrogen-bond donors (Lipinski definition) is 1. The van der Waals surface area contributed by atoms with Crippen molar-refractivity contribution in [1.82, 2.24) is 0 Å². The average Bonchev–Trinajstić information content (AvgIpc) is 1.25. The van der Waals surface area contributed by atoms with Gasteiger partial charge in [0.25, 0.3) is 0 Å². The van der Waals surface area contributed by atoms with E-state index < -0.39 is 15.6 Å². The monoisotopic (exact) mass is 342 g/mol. The molecule has 0 bridgehead atoms. The van der Waals surface area contributed by atoms with Crippen LogP contribution < -0.4 is 0 Å². The maximum atomic E-state index is 10.7. The molecule has 0 heterocycles. The zero-order valence-electron chi connectivity index (χ0n) is 3.66. The summed E-state index contributed by atoms with van der Waals surface area (Å²) in [6.45, 7) is 0. The van der Waals surface area contributed by atoms with Gasteiger partial charge in [-0.05, 0) is 0 Å². The van der Waals surface area contributed by atoms with Gasteiger partial charge in [-0.25, -0.2) is 0 Å². The SMILES string of the molecule is O=S(=O)(O)C(F)(F)F.[Os]. The van der Waals surface area contributed by atoms with E-state index in [1.807, 2.05) is 0 Å². The van der Waals surface area contributed by atoms with E-state index in [1.165, 1.54) is 0 Å². The minimum Gasteiger partial charge on any atom is -0.279 e. The van der Waals surface area contributed by atoms with E-state index in [0.29, 0.717) is 0 Å². The van der Waals surface area contributed by atoms with Crippen molar-refractivity contribution in [2.24, 2.45) is 0 Å². The van der Waals surface area contributed by atoms with E-state index in [0.717, 1.165) is 0 Å². The first kappa shape index (κ1) is 12.1. The quantitative estimate of drug-likeness (QED) is 0.513. The molecule has 0 radical (unpaired) electrons. The molecule has 0 aliphatic rings. The number of alkyl halides is 3. The second-order valence-corrected chi connectivity index (χ2v) is 2.33. The van der Waals surface area contributed by atoms with E-state index in [4.69, 9.17) is 13.0 Å². The third kappa shape index (κ3) is 3.84. The van der Waals surface area contributed by atoms with Crippen molar-refractivity contribution in [2.75, 3.05) is 0 Å². The topological polar surface area (TPSA) is 54.4 Å². The summed E-state index contributed by atoms with van der Waals surface area (Å²) < 4.78 is 57.5. The summed E-state index contributed by atoms with van der Waals surface area (Å²) >= 11 is 0. The maximum Gasteiger partial charge on any atom is 0.522 e. The molecule has 0 aromatic carbocycles. The molecule has 0 unspecified atom stereocenters. The predicted octanol–water partition coefficient (Wildman–Crippen LogP) is 0.392. The minimum absolute atomic E-state index is 0. The van der Waals surface area contributed by atoms with Crippen LogP contribution in [-0.4, -0.2) is 18.5 Å². The van der Waals surface area contributed by atoms with Crippen LogP contribution in [0.2, 0.25) is 0 Å². The van der Waals surface area contributed by atoms with Crippen LogP contribution in [0.15, 0.2) is 0 Å². The van der Waals surface area contributed by atoms with Gasteiger partial charge in [0.2, 0.25) is 0 Å². The second kappa shape index (κ2) is 2.95. The van der Waals surface area contributed by atoms with Gasteiger partial charge in [-0.15, -0.1) is 0 Å². The number of rotatable bonds is 0. The molecule has 8 heteroatoms.